The molecule has 0 aliphatic carbocycles. The molecule has 0 saturated carbocycles. The Morgan fingerprint density at radius 2 is 2.11 bits per heavy atom. The number of benzene rings is 1. The molecule has 2 aromatic rings. The molecule has 0 atom stereocenters. The first-order chi connectivity index (χ1) is 9.34. The van der Waals surface area contributed by atoms with Crippen molar-refractivity contribution in [3.8, 4) is 0 Å². The van der Waals surface area contributed by atoms with Crippen molar-refractivity contribution in [3.05, 3.63) is 47.1 Å². The summed E-state index contributed by atoms with van der Waals surface area (Å²) in [5.41, 5.74) is 2.31. The number of pyridine rings is 1. The molecule has 19 heavy (non-hydrogen) atoms. The summed E-state index contributed by atoms with van der Waals surface area (Å²) in [5, 5.41) is 3.58. The van der Waals surface area contributed by atoms with Crippen molar-refractivity contribution < 1.29 is 0 Å². The first kappa shape index (κ1) is 11.1. The van der Waals surface area contributed by atoms with Crippen LogP contribution in [-0.2, 0) is 0 Å². The van der Waals surface area contributed by atoms with Gasteiger partial charge in [-0.1, -0.05) is 36.0 Å². The van der Waals surface area contributed by atoms with Crippen LogP contribution in [0.3, 0.4) is 0 Å². The molecule has 94 valence electrons. The number of aromatic nitrogens is 1. The summed E-state index contributed by atoms with van der Waals surface area (Å²) in [6, 6.07) is 10.5. The second-order valence-electron chi connectivity index (χ2n) is 4.70. The maximum absolute atomic E-state index is 4.63. The van der Waals surface area contributed by atoms with Gasteiger partial charge in [0.2, 0.25) is 0 Å². The average Bonchev–Trinajstić information content (AvgIpc) is 2.98. The minimum atomic E-state index is 0.893. The number of amidine groups is 1. The van der Waals surface area contributed by atoms with Gasteiger partial charge in [0.1, 0.15) is 0 Å². The fourth-order valence-corrected chi connectivity index (χ4v) is 3.73. The quantitative estimate of drug-likeness (QED) is 0.793. The molecule has 0 radical (unpaired) electrons. The standard InChI is InChI=1S/C15H13N3S/c1-10-14(18-9-8-17-15(18)19-10)13-12-5-3-2-4-11(12)6-7-16-13/h2-7H,8-9H2,1H3. The molecule has 1 aromatic carbocycles. The zero-order valence-electron chi connectivity index (χ0n) is 10.6. The number of fused-ring (bicyclic) bond motifs is 2. The van der Waals surface area contributed by atoms with E-state index in [1.807, 2.05) is 6.20 Å². The van der Waals surface area contributed by atoms with Crippen molar-refractivity contribution in [2.75, 3.05) is 13.1 Å². The Balaban J connectivity index is 1.96. The van der Waals surface area contributed by atoms with E-state index in [0.717, 1.165) is 24.0 Å². The number of allylic oxidation sites excluding steroid dienone is 1. The Kier molecular flexibility index (Phi) is 2.38. The van der Waals surface area contributed by atoms with Gasteiger partial charge in [-0.25, -0.2) is 0 Å². The fourth-order valence-electron chi connectivity index (χ4n) is 2.70. The molecule has 2 aliphatic heterocycles. The summed E-state index contributed by atoms with van der Waals surface area (Å²) >= 11 is 1.76. The van der Waals surface area contributed by atoms with Crippen LogP contribution < -0.4 is 0 Å². The zero-order valence-corrected chi connectivity index (χ0v) is 11.4. The first-order valence-corrected chi connectivity index (χ1v) is 7.21. The summed E-state index contributed by atoms with van der Waals surface area (Å²) in [6.07, 6.45) is 1.90. The largest absolute Gasteiger partial charge is 0.316 e. The third-order valence-corrected chi connectivity index (χ3v) is 4.58. The van der Waals surface area contributed by atoms with E-state index < -0.39 is 0 Å². The van der Waals surface area contributed by atoms with Crippen LogP contribution in [0.5, 0.6) is 0 Å². The van der Waals surface area contributed by atoms with Crippen LogP contribution in [0.4, 0.5) is 0 Å². The molecular formula is C15H13N3S. The Hall–Kier alpha value is -1.81. The fraction of sp³-hybridized carbons (Fsp3) is 0.200. The van der Waals surface area contributed by atoms with Crippen LogP contribution in [-0.4, -0.2) is 28.1 Å². The molecule has 1 aromatic heterocycles. The lowest BCUT2D eigenvalue weighted by Gasteiger charge is -2.17. The van der Waals surface area contributed by atoms with Gasteiger partial charge in [-0.15, -0.1) is 0 Å². The van der Waals surface area contributed by atoms with Gasteiger partial charge in [0, 0.05) is 23.0 Å². The van der Waals surface area contributed by atoms with E-state index in [4.69, 9.17) is 0 Å². The van der Waals surface area contributed by atoms with Gasteiger partial charge in [-0.2, -0.15) is 0 Å². The van der Waals surface area contributed by atoms with Gasteiger partial charge in [0.15, 0.2) is 5.17 Å². The van der Waals surface area contributed by atoms with Crippen LogP contribution in [0.2, 0.25) is 0 Å². The van der Waals surface area contributed by atoms with E-state index in [-0.39, 0.29) is 0 Å². The third-order valence-electron chi connectivity index (χ3n) is 3.55. The van der Waals surface area contributed by atoms with Crippen molar-refractivity contribution >= 4 is 33.4 Å². The van der Waals surface area contributed by atoms with E-state index in [1.54, 1.807) is 11.8 Å². The monoisotopic (exact) mass is 267 g/mol. The van der Waals surface area contributed by atoms with Crippen molar-refractivity contribution in [1.29, 1.82) is 0 Å². The SMILES string of the molecule is CC1=C(c2nccc3ccccc23)N2CCN=C2S1. The smallest absolute Gasteiger partial charge is 0.168 e. The van der Waals surface area contributed by atoms with Crippen molar-refractivity contribution in [2.45, 2.75) is 6.92 Å². The van der Waals surface area contributed by atoms with Crippen molar-refractivity contribution in [3.63, 3.8) is 0 Å². The Morgan fingerprint density at radius 1 is 1.21 bits per heavy atom. The van der Waals surface area contributed by atoms with E-state index in [9.17, 15) is 0 Å². The lowest BCUT2D eigenvalue weighted by molar-refractivity contribution is 0.645. The molecule has 0 saturated heterocycles. The van der Waals surface area contributed by atoms with Gasteiger partial charge < -0.3 is 4.90 Å². The minimum Gasteiger partial charge on any atom is -0.316 e. The molecule has 4 heteroatoms. The Morgan fingerprint density at radius 3 is 3.05 bits per heavy atom. The molecule has 0 bridgehead atoms. The number of hydrogen-bond acceptors (Lipinski definition) is 4. The highest BCUT2D eigenvalue weighted by atomic mass is 32.2. The number of nitrogens with zero attached hydrogens (tertiary/aromatic N) is 3. The van der Waals surface area contributed by atoms with Crippen LogP contribution in [0.1, 0.15) is 12.6 Å². The highest BCUT2D eigenvalue weighted by molar-refractivity contribution is 8.17. The van der Waals surface area contributed by atoms with Gasteiger partial charge in [-0.3, -0.25) is 9.98 Å². The third kappa shape index (κ3) is 1.60. The summed E-state index contributed by atoms with van der Waals surface area (Å²) in [6.45, 7) is 4.02. The minimum absolute atomic E-state index is 0.893. The predicted molar refractivity (Wildman–Crippen MR) is 80.9 cm³/mol. The van der Waals surface area contributed by atoms with Gasteiger partial charge >= 0.3 is 0 Å². The molecule has 3 heterocycles. The van der Waals surface area contributed by atoms with Gasteiger partial charge in [0.25, 0.3) is 0 Å². The van der Waals surface area contributed by atoms with E-state index in [1.165, 1.54) is 21.4 Å². The number of thioether (sulfide) groups is 1. The molecule has 0 spiro atoms. The van der Waals surface area contributed by atoms with E-state index in [2.05, 4.69) is 52.1 Å². The summed E-state index contributed by atoms with van der Waals surface area (Å²) in [7, 11) is 0. The summed E-state index contributed by atoms with van der Waals surface area (Å²) in [5.74, 6) is 0. The molecular weight excluding hydrogens is 254 g/mol. The normalized spacial score (nSPS) is 18.2. The number of hydrogen-bond donors (Lipinski definition) is 0. The molecule has 0 unspecified atom stereocenters. The van der Waals surface area contributed by atoms with Crippen molar-refractivity contribution in [2.24, 2.45) is 4.99 Å². The number of aliphatic imine (C=N–C) groups is 1. The van der Waals surface area contributed by atoms with Crippen LogP contribution in [0.25, 0.3) is 16.5 Å². The Labute approximate surface area is 116 Å². The highest BCUT2D eigenvalue weighted by Crippen LogP contribution is 2.42. The van der Waals surface area contributed by atoms with Gasteiger partial charge in [0.05, 0.1) is 17.9 Å². The maximum atomic E-state index is 4.63. The molecule has 4 rings (SSSR count). The lowest BCUT2D eigenvalue weighted by atomic mass is 10.1. The summed E-state index contributed by atoms with van der Waals surface area (Å²) < 4.78 is 0. The maximum Gasteiger partial charge on any atom is 0.168 e. The molecule has 0 amide bonds. The lowest BCUT2D eigenvalue weighted by Crippen LogP contribution is -2.20. The molecule has 2 aliphatic rings. The topological polar surface area (TPSA) is 28.5 Å². The highest BCUT2D eigenvalue weighted by Gasteiger charge is 2.32. The van der Waals surface area contributed by atoms with Crippen molar-refractivity contribution in [1.82, 2.24) is 9.88 Å². The number of rotatable bonds is 1. The molecule has 3 nitrogen and oxygen atoms in total. The predicted octanol–water partition coefficient (Wildman–Crippen LogP) is 3.34. The molecule has 0 fully saturated rings. The molecule has 0 N–H and O–H groups in total. The van der Waals surface area contributed by atoms with Crippen LogP contribution in [0.15, 0.2) is 46.4 Å². The second kappa shape index (κ2) is 4.10. The average molecular weight is 267 g/mol. The van der Waals surface area contributed by atoms with E-state index >= 15 is 0 Å². The van der Waals surface area contributed by atoms with Crippen LogP contribution in [0, 0.1) is 0 Å². The first-order valence-electron chi connectivity index (χ1n) is 6.39. The summed E-state index contributed by atoms with van der Waals surface area (Å²) in [4.78, 5) is 12.8. The van der Waals surface area contributed by atoms with E-state index in [0.29, 0.717) is 0 Å². The second-order valence-corrected chi connectivity index (χ2v) is 5.89. The zero-order chi connectivity index (χ0) is 12.8. The van der Waals surface area contributed by atoms with Crippen LogP contribution >= 0.6 is 11.8 Å². The Bertz CT molecular complexity index is 728. The van der Waals surface area contributed by atoms with Gasteiger partial charge in [-0.05, 0) is 18.4 Å².